The highest BCUT2D eigenvalue weighted by Crippen LogP contribution is 2.29. The van der Waals surface area contributed by atoms with Crippen LogP contribution in [0.15, 0.2) is 83.7 Å². The number of tetrazole rings is 1. The average Bonchev–Trinajstić information content (AvgIpc) is 3.42. The molecule has 198 valence electrons. The van der Waals surface area contributed by atoms with E-state index in [0.29, 0.717) is 17.9 Å². The van der Waals surface area contributed by atoms with E-state index >= 15 is 0 Å². The van der Waals surface area contributed by atoms with Crippen LogP contribution in [-0.2, 0) is 13.0 Å². The van der Waals surface area contributed by atoms with Crippen LogP contribution in [0.25, 0.3) is 10.9 Å². The minimum Gasteiger partial charge on any atom is -0.369 e. The third-order valence-electron chi connectivity index (χ3n) is 7.49. The number of rotatable bonds is 7. The number of para-hydroxylation sites is 1. The topological polar surface area (TPSA) is 82.9 Å². The van der Waals surface area contributed by atoms with Gasteiger partial charge in [0.25, 0.3) is 5.56 Å². The highest BCUT2D eigenvalue weighted by molar-refractivity contribution is 5.80. The van der Waals surface area contributed by atoms with Crippen molar-refractivity contribution in [2.24, 2.45) is 0 Å². The number of nitrogens with one attached hydrogen (secondary N) is 1. The van der Waals surface area contributed by atoms with Crippen molar-refractivity contribution in [3.05, 3.63) is 118 Å². The summed E-state index contributed by atoms with van der Waals surface area (Å²) in [7, 11) is 0. The molecule has 0 amide bonds. The maximum absolute atomic E-state index is 13.5. The second-order valence-electron chi connectivity index (χ2n) is 9.91. The van der Waals surface area contributed by atoms with Crippen LogP contribution >= 0.6 is 0 Å². The van der Waals surface area contributed by atoms with Crippen molar-refractivity contribution in [3.8, 4) is 0 Å². The van der Waals surface area contributed by atoms with E-state index in [1.165, 1.54) is 23.4 Å². The van der Waals surface area contributed by atoms with E-state index in [-0.39, 0.29) is 11.4 Å². The van der Waals surface area contributed by atoms with Gasteiger partial charge < -0.3 is 9.88 Å². The zero-order valence-electron chi connectivity index (χ0n) is 21.8. The van der Waals surface area contributed by atoms with Crippen molar-refractivity contribution in [3.63, 3.8) is 0 Å². The maximum Gasteiger partial charge on any atom is 0.253 e. The van der Waals surface area contributed by atoms with Gasteiger partial charge in [0.15, 0.2) is 5.82 Å². The number of benzene rings is 3. The van der Waals surface area contributed by atoms with Crippen molar-refractivity contribution >= 4 is 16.6 Å². The number of pyridine rings is 1. The molecule has 5 aromatic rings. The van der Waals surface area contributed by atoms with Gasteiger partial charge in [0.1, 0.15) is 11.9 Å². The fourth-order valence-electron chi connectivity index (χ4n) is 5.36. The van der Waals surface area contributed by atoms with Crippen LogP contribution < -0.4 is 10.5 Å². The molecule has 8 nitrogen and oxygen atoms in total. The lowest BCUT2D eigenvalue weighted by molar-refractivity contribution is 0.200. The molecule has 1 aliphatic heterocycles. The summed E-state index contributed by atoms with van der Waals surface area (Å²) < 4.78 is 15.2. The van der Waals surface area contributed by atoms with Gasteiger partial charge in [0.05, 0.1) is 6.54 Å². The average molecular weight is 524 g/mol. The molecule has 2 aromatic heterocycles. The van der Waals surface area contributed by atoms with Crippen LogP contribution in [0.2, 0.25) is 0 Å². The Labute approximate surface area is 225 Å². The zero-order chi connectivity index (χ0) is 26.8. The largest absolute Gasteiger partial charge is 0.369 e. The Kier molecular flexibility index (Phi) is 6.89. The number of hydrogen-bond acceptors (Lipinski definition) is 6. The van der Waals surface area contributed by atoms with Crippen molar-refractivity contribution in [2.45, 2.75) is 25.9 Å². The number of H-pyrrole nitrogens is 1. The van der Waals surface area contributed by atoms with Crippen molar-refractivity contribution in [1.29, 1.82) is 0 Å². The number of aryl methyl sites for hydroxylation is 1. The van der Waals surface area contributed by atoms with E-state index in [2.05, 4.69) is 55.4 Å². The Bertz CT molecular complexity index is 1620. The number of fused-ring (bicyclic) bond motifs is 1. The van der Waals surface area contributed by atoms with Gasteiger partial charge in [-0.05, 0) is 75.8 Å². The smallest absolute Gasteiger partial charge is 0.253 e. The summed E-state index contributed by atoms with van der Waals surface area (Å²) in [4.78, 5) is 21.3. The van der Waals surface area contributed by atoms with Gasteiger partial charge in [-0.3, -0.25) is 9.69 Å². The molecular weight excluding hydrogens is 493 g/mol. The molecule has 9 heteroatoms. The third kappa shape index (κ3) is 5.18. The van der Waals surface area contributed by atoms with Crippen molar-refractivity contribution in [2.75, 3.05) is 31.1 Å². The van der Waals surface area contributed by atoms with Crippen molar-refractivity contribution in [1.82, 2.24) is 30.1 Å². The van der Waals surface area contributed by atoms with Gasteiger partial charge in [-0.1, -0.05) is 43.3 Å². The number of nitrogens with zero attached hydrogens (tertiary/aromatic N) is 6. The van der Waals surface area contributed by atoms with Crippen LogP contribution in [0, 0.1) is 5.82 Å². The van der Waals surface area contributed by atoms with E-state index < -0.39 is 6.04 Å². The van der Waals surface area contributed by atoms with Gasteiger partial charge in [-0.15, -0.1) is 5.10 Å². The first-order valence-electron chi connectivity index (χ1n) is 13.3. The Morgan fingerprint density at radius 1 is 0.923 bits per heavy atom. The minimum atomic E-state index is -0.447. The van der Waals surface area contributed by atoms with E-state index in [4.69, 9.17) is 0 Å². The highest BCUT2D eigenvalue weighted by atomic mass is 19.1. The predicted octanol–water partition coefficient (Wildman–Crippen LogP) is 4.18. The maximum atomic E-state index is 13.5. The molecule has 39 heavy (non-hydrogen) atoms. The minimum absolute atomic E-state index is 0.154. The predicted molar refractivity (Wildman–Crippen MR) is 149 cm³/mol. The summed E-state index contributed by atoms with van der Waals surface area (Å²) >= 11 is 0. The van der Waals surface area contributed by atoms with Gasteiger partial charge in [-0.2, -0.15) is 0 Å². The molecule has 0 spiro atoms. The zero-order valence-corrected chi connectivity index (χ0v) is 21.8. The molecule has 0 aliphatic carbocycles. The molecule has 0 radical (unpaired) electrons. The summed E-state index contributed by atoms with van der Waals surface area (Å²) in [6.45, 7) is 5.57. The SMILES string of the molecule is CCc1ccc2[nH]c(=O)c([C@@H](c3nnnn3Cc3ccc(F)cc3)N3CCN(c4ccccc4)CC3)cc2c1. The summed E-state index contributed by atoms with van der Waals surface area (Å²) in [5, 5.41) is 13.7. The van der Waals surface area contributed by atoms with Gasteiger partial charge >= 0.3 is 0 Å². The number of aromatic nitrogens is 5. The van der Waals surface area contributed by atoms with Gasteiger partial charge in [0, 0.05) is 42.9 Å². The second-order valence-corrected chi connectivity index (χ2v) is 9.91. The van der Waals surface area contributed by atoms with E-state index in [1.54, 1.807) is 16.8 Å². The summed E-state index contributed by atoms with van der Waals surface area (Å²) in [5.74, 6) is 0.294. The monoisotopic (exact) mass is 523 g/mol. The molecule has 3 heterocycles. The summed E-state index contributed by atoms with van der Waals surface area (Å²) in [6, 6.07) is 24.3. The molecule has 0 unspecified atom stereocenters. The summed E-state index contributed by atoms with van der Waals surface area (Å²) in [6.07, 6.45) is 0.908. The molecule has 1 atom stereocenters. The van der Waals surface area contributed by atoms with E-state index in [1.807, 2.05) is 36.4 Å². The summed E-state index contributed by atoms with van der Waals surface area (Å²) in [5.41, 5.74) is 4.52. The lowest BCUT2D eigenvalue weighted by Crippen LogP contribution is -2.49. The van der Waals surface area contributed by atoms with Crippen LogP contribution in [0.1, 0.15) is 35.5 Å². The Hall–Kier alpha value is -4.37. The molecule has 6 rings (SSSR count). The second kappa shape index (κ2) is 10.8. The van der Waals surface area contributed by atoms with Gasteiger partial charge in [-0.25, -0.2) is 9.07 Å². The Morgan fingerprint density at radius 2 is 1.67 bits per heavy atom. The van der Waals surface area contributed by atoms with E-state index in [0.717, 1.165) is 49.1 Å². The van der Waals surface area contributed by atoms with Gasteiger partial charge in [0.2, 0.25) is 0 Å². The number of halogens is 1. The Balaban J connectivity index is 1.39. The van der Waals surface area contributed by atoms with Crippen LogP contribution in [0.3, 0.4) is 0 Å². The van der Waals surface area contributed by atoms with E-state index in [9.17, 15) is 9.18 Å². The first-order chi connectivity index (χ1) is 19.1. The Morgan fingerprint density at radius 3 is 2.41 bits per heavy atom. The quantitative estimate of drug-likeness (QED) is 0.345. The normalized spacial score (nSPS) is 15.1. The molecule has 3 aromatic carbocycles. The van der Waals surface area contributed by atoms with Crippen LogP contribution in [-0.4, -0.2) is 56.3 Å². The number of piperazine rings is 1. The molecule has 1 saturated heterocycles. The molecule has 0 bridgehead atoms. The molecule has 1 fully saturated rings. The fourth-order valence-corrected chi connectivity index (χ4v) is 5.36. The molecule has 0 saturated carbocycles. The molecule has 1 aliphatic rings. The number of anilines is 1. The van der Waals surface area contributed by atoms with Crippen molar-refractivity contribution < 1.29 is 4.39 Å². The van der Waals surface area contributed by atoms with Crippen LogP contribution in [0.5, 0.6) is 0 Å². The molecule has 1 N–H and O–H groups in total. The lowest BCUT2D eigenvalue weighted by atomic mass is 10.0. The third-order valence-corrected chi connectivity index (χ3v) is 7.49. The fraction of sp³-hybridized carbons (Fsp3) is 0.267. The standard InChI is InChI=1S/C30H30FN7O/c1-2-21-10-13-27-23(18-21)19-26(30(39)32-27)28(37-16-14-36(15-17-37)25-6-4-3-5-7-25)29-33-34-35-38(29)20-22-8-11-24(31)12-9-22/h3-13,18-19,28H,2,14-17,20H2,1H3,(H,32,39)/t28-/m0/s1. The first kappa shape index (κ1) is 24.9. The number of hydrogen-bond donors (Lipinski definition) is 1. The lowest BCUT2D eigenvalue weighted by Gasteiger charge is -2.39. The molecular formula is C30H30FN7O. The number of aromatic amines is 1. The highest BCUT2D eigenvalue weighted by Gasteiger charge is 2.32. The van der Waals surface area contributed by atoms with Crippen LogP contribution in [0.4, 0.5) is 10.1 Å². The first-order valence-corrected chi connectivity index (χ1v) is 13.3.